The Hall–Kier alpha value is -5.26. The van der Waals surface area contributed by atoms with Crippen LogP contribution in [0.15, 0.2) is 24.3 Å². The van der Waals surface area contributed by atoms with Gasteiger partial charge in [0.2, 0.25) is 29.5 Å². The lowest BCUT2D eigenvalue weighted by molar-refractivity contribution is -0.162. The van der Waals surface area contributed by atoms with Crippen molar-refractivity contribution in [2.75, 3.05) is 27.7 Å². The highest BCUT2D eigenvalue weighted by Gasteiger charge is 2.44. The lowest BCUT2D eigenvalue weighted by atomic mass is 9.92. The number of rotatable bonds is 15. The van der Waals surface area contributed by atoms with E-state index in [4.69, 9.17) is 14.2 Å². The Morgan fingerprint density at radius 1 is 0.900 bits per heavy atom. The van der Waals surface area contributed by atoms with Crippen molar-refractivity contribution in [1.29, 1.82) is 0 Å². The molecule has 394 valence electrons. The number of aliphatic hydroxyl groups excluding tert-OH is 1. The molecule has 0 radical (unpaired) electrons. The molecule has 0 bridgehead atoms. The van der Waals surface area contributed by atoms with Gasteiger partial charge in [-0.05, 0) is 79.9 Å². The van der Waals surface area contributed by atoms with Crippen molar-refractivity contribution in [1.82, 2.24) is 30.7 Å². The summed E-state index contributed by atoms with van der Waals surface area (Å²) in [5, 5.41) is 20.2. The summed E-state index contributed by atoms with van der Waals surface area (Å²) in [6.07, 6.45) is -3.48. The fourth-order valence-electron chi connectivity index (χ4n) is 8.91. The molecule has 18 nitrogen and oxygen atoms in total. The molecule has 1 aromatic rings. The number of methoxy groups -OCH3 is 1. The van der Waals surface area contributed by atoms with Crippen molar-refractivity contribution in [3.05, 3.63) is 29.8 Å². The first kappa shape index (κ1) is 59.1. The summed E-state index contributed by atoms with van der Waals surface area (Å²) in [5.41, 5.74) is 0.629. The summed E-state index contributed by atoms with van der Waals surface area (Å²) < 4.78 is 17.2. The number of hydrogen-bond acceptors (Lipinski definition) is 12. The molecular weight excluding hydrogens is 901 g/mol. The quantitative estimate of drug-likeness (QED) is 0.183. The van der Waals surface area contributed by atoms with E-state index in [0.717, 1.165) is 0 Å². The van der Waals surface area contributed by atoms with Crippen LogP contribution in [-0.4, -0.2) is 150 Å². The summed E-state index contributed by atoms with van der Waals surface area (Å²) in [7, 11) is 4.50. The predicted molar refractivity (Wildman–Crippen MR) is 264 cm³/mol. The van der Waals surface area contributed by atoms with E-state index in [9.17, 15) is 43.5 Å². The minimum absolute atomic E-state index is 0.0348. The number of cyclic esters (lactones) is 2. The van der Waals surface area contributed by atoms with Gasteiger partial charge in [0, 0.05) is 33.0 Å². The number of nitrogens with one attached hydrogen (secondary N) is 3. The van der Waals surface area contributed by atoms with E-state index < -0.39 is 120 Å². The molecule has 0 spiro atoms. The van der Waals surface area contributed by atoms with Gasteiger partial charge in [-0.2, -0.15) is 0 Å². The molecule has 2 fully saturated rings. The lowest BCUT2D eigenvalue weighted by Crippen LogP contribution is -2.61. The fraction of sp³-hybridized carbons (Fsp3) is 0.731. The Morgan fingerprint density at radius 3 is 2.07 bits per heavy atom. The van der Waals surface area contributed by atoms with Crippen molar-refractivity contribution in [3.8, 4) is 5.75 Å². The number of nitrogens with zero attached hydrogens (tertiary/aromatic N) is 3. The zero-order valence-corrected chi connectivity index (χ0v) is 44.4. The van der Waals surface area contributed by atoms with Crippen LogP contribution in [0.1, 0.15) is 127 Å². The maximum absolute atomic E-state index is 14.8. The predicted octanol–water partition coefficient (Wildman–Crippen LogP) is 4.03. The van der Waals surface area contributed by atoms with Crippen LogP contribution in [0.4, 0.5) is 0 Å². The first-order valence-electron chi connectivity index (χ1n) is 25.2. The highest BCUT2D eigenvalue weighted by Crippen LogP contribution is 2.26. The Balaban J connectivity index is 2.27. The van der Waals surface area contributed by atoms with Crippen molar-refractivity contribution >= 4 is 47.4 Å². The van der Waals surface area contributed by atoms with Gasteiger partial charge in [0.1, 0.15) is 42.1 Å². The molecular formula is C52H84N6O12. The van der Waals surface area contributed by atoms with Crippen LogP contribution in [-0.2, 0) is 54.3 Å². The molecule has 0 saturated carbocycles. The summed E-state index contributed by atoms with van der Waals surface area (Å²) in [6.45, 7) is 21.7. The second-order valence-electron chi connectivity index (χ2n) is 21.0. The van der Waals surface area contributed by atoms with Crippen molar-refractivity contribution in [2.45, 2.75) is 183 Å². The largest absolute Gasteiger partial charge is 0.497 e. The summed E-state index contributed by atoms with van der Waals surface area (Å²) >= 11 is 0. The summed E-state index contributed by atoms with van der Waals surface area (Å²) in [4.78, 5) is 119. The SMILES string of the molecule is CC[C@H](C)[C@H]1NC(=O)[C@@H](NC(=O)[C@@H](CC(C)C)N(C)C(=O)C(C)C(C)C)[C@@H](C)OC(=O)[C@H](Cc2ccc(OC)cc2)N(C)C(=O)[C@@H]2CCCN2C(=O)[C@H](CC(C)C)NC(=O)[C@H](C(C)C)OC(=O)C[C@@H]1O. The van der Waals surface area contributed by atoms with Gasteiger partial charge < -0.3 is 50.0 Å². The molecule has 70 heavy (non-hydrogen) atoms. The number of esters is 2. The Kier molecular flexibility index (Phi) is 22.6. The van der Waals surface area contributed by atoms with E-state index in [1.807, 2.05) is 48.5 Å². The number of carbonyl (C=O) groups is 8. The van der Waals surface area contributed by atoms with E-state index in [1.165, 1.54) is 42.8 Å². The second-order valence-corrected chi connectivity index (χ2v) is 21.0. The second kappa shape index (κ2) is 26.8. The Labute approximate surface area is 416 Å². The zero-order valence-electron chi connectivity index (χ0n) is 44.4. The normalized spacial score (nSPS) is 26.2. The number of fused-ring (bicyclic) bond motifs is 1. The van der Waals surface area contributed by atoms with Crippen LogP contribution >= 0.6 is 0 Å². The van der Waals surface area contributed by atoms with E-state index >= 15 is 0 Å². The monoisotopic (exact) mass is 985 g/mol. The molecule has 2 aliphatic rings. The van der Waals surface area contributed by atoms with Crippen LogP contribution in [0.3, 0.4) is 0 Å². The lowest BCUT2D eigenvalue weighted by Gasteiger charge is -2.36. The molecule has 3 rings (SSSR count). The number of carbonyl (C=O) groups excluding carboxylic acids is 8. The van der Waals surface area contributed by atoms with Gasteiger partial charge in [0.15, 0.2) is 6.10 Å². The van der Waals surface area contributed by atoms with Crippen molar-refractivity contribution in [3.63, 3.8) is 0 Å². The zero-order chi connectivity index (χ0) is 52.9. The summed E-state index contributed by atoms with van der Waals surface area (Å²) in [6, 6.07) is -0.349. The number of likely N-dealkylation sites (N-methyl/N-ethyl adjacent to an activating group) is 2. The third-order valence-corrected chi connectivity index (χ3v) is 13.9. The molecule has 2 heterocycles. The van der Waals surface area contributed by atoms with Gasteiger partial charge in [-0.3, -0.25) is 33.6 Å². The highest BCUT2D eigenvalue weighted by atomic mass is 16.6. The van der Waals surface area contributed by atoms with Gasteiger partial charge in [-0.15, -0.1) is 0 Å². The molecule has 11 atom stereocenters. The standard InChI is InChI=1S/C52H84N6O12/c1-16-32(10)43-41(59)27-42(60)70-45(31(8)9)48(63)53-37(24-28(2)3)50(65)58-23-17-18-38(58)51(66)57(14)40(26-35-19-21-36(68-15)22-20-35)52(67)69-34(12)44(47(62)54-43)55-46(61)39(25-29(4)5)56(13)49(64)33(11)30(6)7/h19-22,28-34,37-41,43-45,59H,16-18,23-27H2,1-15H3,(H,53,63)(H,54,62)(H,55,61)/t32-,33?,34+,37-,38-,39+,40-,41-,43+,44-,45-/m0/s1. The van der Waals surface area contributed by atoms with E-state index in [-0.39, 0.29) is 55.9 Å². The topological polar surface area (TPSA) is 230 Å². The third kappa shape index (κ3) is 15.9. The third-order valence-electron chi connectivity index (χ3n) is 13.9. The molecule has 2 aliphatic heterocycles. The Morgan fingerprint density at radius 2 is 1.53 bits per heavy atom. The molecule has 0 aliphatic carbocycles. The minimum Gasteiger partial charge on any atom is -0.497 e. The molecule has 6 amide bonds. The van der Waals surface area contributed by atoms with Crippen molar-refractivity contribution < 1.29 is 57.7 Å². The van der Waals surface area contributed by atoms with Gasteiger partial charge in [-0.1, -0.05) is 94.7 Å². The molecule has 18 heteroatoms. The highest BCUT2D eigenvalue weighted by molar-refractivity contribution is 5.96. The van der Waals surface area contributed by atoms with Crippen LogP contribution < -0.4 is 20.7 Å². The van der Waals surface area contributed by atoms with Crippen LogP contribution in [0.2, 0.25) is 0 Å². The molecule has 1 aromatic carbocycles. The number of amides is 6. The molecule has 1 unspecified atom stereocenters. The number of aliphatic hydroxyl groups is 1. The molecule has 4 N–H and O–H groups in total. The number of hydrogen-bond donors (Lipinski definition) is 4. The first-order chi connectivity index (χ1) is 32.7. The number of ether oxygens (including phenoxy) is 3. The maximum atomic E-state index is 14.8. The van der Waals surface area contributed by atoms with E-state index in [2.05, 4.69) is 16.0 Å². The maximum Gasteiger partial charge on any atom is 0.329 e. The molecule has 0 aromatic heterocycles. The van der Waals surface area contributed by atoms with Crippen LogP contribution in [0, 0.1) is 35.5 Å². The van der Waals surface area contributed by atoms with Gasteiger partial charge in [0.25, 0.3) is 5.91 Å². The van der Waals surface area contributed by atoms with Crippen molar-refractivity contribution in [2.24, 2.45) is 35.5 Å². The fourth-order valence-corrected chi connectivity index (χ4v) is 8.91. The van der Waals surface area contributed by atoms with E-state index in [0.29, 0.717) is 24.2 Å². The van der Waals surface area contributed by atoms with Crippen LogP contribution in [0.25, 0.3) is 0 Å². The van der Waals surface area contributed by atoms with Gasteiger partial charge >= 0.3 is 11.9 Å². The molecule has 2 saturated heterocycles. The smallest absolute Gasteiger partial charge is 0.329 e. The Bertz CT molecular complexity index is 1960. The van der Waals surface area contributed by atoms with E-state index in [1.54, 1.807) is 52.0 Å². The minimum atomic E-state index is -1.63. The average Bonchev–Trinajstić information content (AvgIpc) is 3.80. The van der Waals surface area contributed by atoms with Gasteiger partial charge in [0.05, 0.1) is 25.7 Å². The van der Waals surface area contributed by atoms with Crippen LogP contribution in [0.5, 0.6) is 5.75 Å². The number of benzene rings is 1. The average molecular weight is 985 g/mol. The van der Waals surface area contributed by atoms with Gasteiger partial charge in [-0.25, -0.2) is 4.79 Å². The summed E-state index contributed by atoms with van der Waals surface area (Å²) in [5.74, 6) is -6.58. The first-order valence-corrected chi connectivity index (χ1v) is 25.2.